The molecule has 0 fully saturated rings. The number of unbranched alkanes of at least 4 members (excludes halogenated alkanes) is 7. The highest BCUT2D eigenvalue weighted by atomic mass is 32.2. The molecule has 0 aromatic heterocycles. The molecule has 2 aromatic rings. The van der Waals surface area contributed by atoms with Crippen molar-refractivity contribution in [3.8, 4) is 5.75 Å². The fourth-order valence-electron chi connectivity index (χ4n) is 3.36. The minimum absolute atomic E-state index is 0.0184. The van der Waals surface area contributed by atoms with Gasteiger partial charge in [-0.15, -0.1) is 11.8 Å². The second-order valence-corrected chi connectivity index (χ2v) is 9.10. The molecule has 0 aliphatic heterocycles. The Kier molecular flexibility index (Phi) is 12.8. The van der Waals surface area contributed by atoms with Crippen molar-refractivity contribution >= 4 is 23.6 Å². The third kappa shape index (κ3) is 10.2. The molecule has 2 aromatic carbocycles. The summed E-state index contributed by atoms with van der Waals surface area (Å²) in [4.78, 5) is 13.8. The predicted molar refractivity (Wildman–Crippen MR) is 135 cm³/mol. The van der Waals surface area contributed by atoms with Gasteiger partial charge in [0.05, 0.1) is 6.61 Å². The molecule has 0 amide bonds. The van der Waals surface area contributed by atoms with E-state index in [0.717, 1.165) is 42.1 Å². The van der Waals surface area contributed by atoms with Gasteiger partial charge in [0.1, 0.15) is 5.75 Å². The molecule has 0 bridgehead atoms. The van der Waals surface area contributed by atoms with Crippen LogP contribution in [0.3, 0.4) is 0 Å². The Bertz CT molecular complexity index is 780. The molecular weight excluding hydrogens is 400 g/mol. The maximum absolute atomic E-state index is 12.5. The first kappa shape index (κ1) is 25.3. The van der Waals surface area contributed by atoms with E-state index < -0.39 is 0 Å². The maximum Gasteiger partial charge on any atom is 0.185 e. The van der Waals surface area contributed by atoms with Crippen LogP contribution in [0.4, 0.5) is 0 Å². The van der Waals surface area contributed by atoms with Crippen molar-refractivity contribution in [2.75, 3.05) is 12.4 Å². The molecule has 2 rings (SSSR count). The molecule has 0 spiro atoms. The summed E-state index contributed by atoms with van der Waals surface area (Å²) in [7, 11) is 0. The van der Waals surface area contributed by atoms with Crippen LogP contribution in [0.1, 0.15) is 87.6 Å². The van der Waals surface area contributed by atoms with E-state index in [2.05, 4.69) is 13.8 Å². The van der Waals surface area contributed by atoms with E-state index in [1.807, 2.05) is 66.4 Å². The SMILES string of the molecule is CCCCCCCCCCOc1ccccc1/C=C/C(=O)c1ccc(SCCC)cc1. The lowest BCUT2D eigenvalue weighted by molar-refractivity contribution is 0.104. The lowest BCUT2D eigenvalue weighted by Crippen LogP contribution is -1.99. The number of ether oxygens (including phenoxy) is 1. The Hall–Kier alpha value is -2.00. The van der Waals surface area contributed by atoms with Gasteiger partial charge >= 0.3 is 0 Å². The molecule has 168 valence electrons. The van der Waals surface area contributed by atoms with Crippen molar-refractivity contribution < 1.29 is 9.53 Å². The topological polar surface area (TPSA) is 26.3 Å². The highest BCUT2D eigenvalue weighted by Gasteiger charge is 2.04. The third-order valence-corrected chi connectivity index (χ3v) is 6.42. The van der Waals surface area contributed by atoms with E-state index in [-0.39, 0.29) is 5.78 Å². The molecule has 0 N–H and O–H groups in total. The largest absolute Gasteiger partial charge is 0.493 e. The van der Waals surface area contributed by atoms with E-state index >= 15 is 0 Å². The Morgan fingerprint density at radius 3 is 2.23 bits per heavy atom. The highest BCUT2D eigenvalue weighted by Crippen LogP contribution is 2.22. The summed E-state index contributed by atoms with van der Waals surface area (Å²) in [6.07, 6.45) is 15.0. The second-order valence-electron chi connectivity index (χ2n) is 7.93. The van der Waals surface area contributed by atoms with Crippen LogP contribution < -0.4 is 4.74 Å². The van der Waals surface area contributed by atoms with Crippen LogP contribution in [0, 0.1) is 0 Å². The van der Waals surface area contributed by atoms with Crippen molar-refractivity contribution in [2.24, 2.45) is 0 Å². The van der Waals surface area contributed by atoms with E-state index in [1.165, 1.54) is 49.8 Å². The molecule has 0 atom stereocenters. The predicted octanol–water partition coefficient (Wildman–Crippen LogP) is 8.60. The normalized spacial score (nSPS) is 11.2. The highest BCUT2D eigenvalue weighted by molar-refractivity contribution is 7.99. The Morgan fingerprint density at radius 1 is 0.839 bits per heavy atom. The number of hydrogen-bond donors (Lipinski definition) is 0. The summed E-state index contributed by atoms with van der Waals surface area (Å²) in [6, 6.07) is 15.8. The summed E-state index contributed by atoms with van der Waals surface area (Å²) < 4.78 is 6.01. The number of carbonyl (C=O) groups is 1. The zero-order chi connectivity index (χ0) is 22.2. The number of benzene rings is 2. The lowest BCUT2D eigenvalue weighted by atomic mass is 10.1. The molecule has 2 nitrogen and oxygen atoms in total. The van der Waals surface area contributed by atoms with Crippen LogP contribution in [-0.4, -0.2) is 18.1 Å². The van der Waals surface area contributed by atoms with Gasteiger partial charge in [0, 0.05) is 16.0 Å². The fraction of sp³-hybridized carbons (Fsp3) is 0.464. The van der Waals surface area contributed by atoms with Gasteiger partial charge in [0.15, 0.2) is 5.78 Å². The number of rotatable bonds is 16. The van der Waals surface area contributed by atoms with E-state index in [0.29, 0.717) is 0 Å². The first-order chi connectivity index (χ1) is 15.2. The molecule has 3 heteroatoms. The van der Waals surface area contributed by atoms with Crippen molar-refractivity contribution in [3.05, 3.63) is 65.7 Å². The number of thioether (sulfide) groups is 1. The quantitative estimate of drug-likeness (QED) is 0.114. The van der Waals surface area contributed by atoms with Crippen LogP contribution in [0.2, 0.25) is 0 Å². The van der Waals surface area contributed by atoms with Gasteiger partial charge < -0.3 is 4.74 Å². The lowest BCUT2D eigenvalue weighted by Gasteiger charge is -2.09. The van der Waals surface area contributed by atoms with E-state index in [9.17, 15) is 4.79 Å². The molecular formula is C28H38O2S. The molecule has 0 saturated carbocycles. The molecule has 0 saturated heterocycles. The van der Waals surface area contributed by atoms with Crippen molar-refractivity contribution in [2.45, 2.75) is 76.5 Å². The molecule has 0 aliphatic carbocycles. The Morgan fingerprint density at radius 2 is 1.52 bits per heavy atom. The standard InChI is InChI=1S/C28H38O2S/c1-3-5-6-7-8-9-10-13-22-30-28-15-12-11-14-25(28)18-21-27(29)24-16-19-26(20-17-24)31-23-4-2/h11-12,14-21H,3-10,13,22-23H2,1-2H3/b21-18+. The number of para-hydroxylation sites is 1. The summed E-state index contributed by atoms with van der Waals surface area (Å²) in [5, 5.41) is 0. The maximum atomic E-state index is 12.5. The first-order valence-corrected chi connectivity index (χ1v) is 12.9. The molecule has 31 heavy (non-hydrogen) atoms. The minimum Gasteiger partial charge on any atom is -0.493 e. The fourth-order valence-corrected chi connectivity index (χ4v) is 4.13. The van der Waals surface area contributed by atoms with Crippen LogP contribution in [0.25, 0.3) is 6.08 Å². The first-order valence-electron chi connectivity index (χ1n) is 11.9. The summed E-state index contributed by atoms with van der Waals surface area (Å²) in [5.41, 5.74) is 1.67. The number of hydrogen-bond acceptors (Lipinski definition) is 3. The number of carbonyl (C=O) groups excluding carboxylic acids is 1. The van der Waals surface area contributed by atoms with Crippen LogP contribution in [0.15, 0.2) is 59.5 Å². The molecule has 0 heterocycles. The monoisotopic (exact) mass is 438 g/mol. The average Bonchev–Trinajstić information content (AvgIpc) is 2.81. The second kappa shape index (κ2) is 15.8. The molecule has 0 aliphatic rings. The van der Waals surface area contributed by atoms with Gasteiger partial charge in [-0.1, -0.05) is 77.0 Å². The number of ketones is 1. The summed E-state index contributed by atoms with van der Waals surface area (Å²) in [6.45, 7) is 5.16. The van der Waals surface area contributed by atoms with Gasteiger partial charge in [0.2, 0.25) is 0 Å². The van der Waals surface area contributed by atoms with Crippen LogP contribution in [-0.2, 0) is 0 Å². The molecule has 0 unspecified atom stereocenters. The van der Waals surface area contributed by atoms with Gasteiger partial charge in [-0.25, -0.2) is 0 Å². The van der Waals surface area contributed by atoms with E-state index in [4.69, 9.17) is 4.74 Å². The smallest absolute Gasteiger partial charge is 0.185 e. The zero-order valence-electron chi connectivity index (χ0n) is 19.3. The van der Waals surface area contributed by atoms with E-state index in [1.54, 1.807) is 6.08 Å². The third-order valence-electron chi connectivity index (χ3n) is 5.20. The summed E-state index contributed by atoms with van der Waals surface area (Å²) >= 11 is 1.82. The van der Waals surface area contributed by atoms with Crippen molar-refractivity contribution in [1.29, 1.82) is 0 Å². The van der Waals surface area contributed by atoms with Crippen molar-refractivity contribution in [3.63, 3.8) is 0 Å². The Labute approximate surface area is 193 Å². The van der Waals surface area contributed by atoms with Gasteiger partial charge in [0.25, 0.3) is 0 Å². The van der Waals surface area contributed by atoms with Crippen LogP contribution >= 0.6 is 11.8 Å². The van der Waals surface area contributed by atoms with Gasteiger partial charge in [-0.3, -0.25) is 4.79 Å². The number of allylic oxidation sites excluding steroid dienone is 1. The Balaban J connectivity index is 1.79. The zero-order valence-corrected chi connectivity index (χ0v) is 20.1. The summed E-state index contributed by atoms with van der Waals surface area (Å²) in [5.74, 6) is 1.97. The molecule has 0 radical (unpaired) electrons. The van der Waals surface area contributed by atoms with Crippen molar-refractivity contribution in [1.82, 2.24) is 0 Å². The minimum atomic E-state index is 0.0184. The van der Waals surface area contributed by atoms with Gasteiger partial charge in [-0.05, 0) is 61.1 Å². The van der Waals surface area contributed by atoms with Crippen LogP contribution in [0.5, 0.6) is 5.75 Å². The van der Waals surface area contributed by atoms with Gasteiger partial charge in [-0.2, -0.15) is 0 Å². The average molecular weight is 439 g/mol.